The van der Waals surface area contributed by atoms with Gasteiger partial charge in [0, 0.05) is 11.0 Å². The average Bonchev–Trinajstić information content (AvgIpc) is 2.39. The number of carbonyl (C=O) groups is 1. The predicted octanol–water partition coefficient (Wildman–Crippen LogP) is 2.80. The van der Waals surface area contributed by atoms with E-state index in [4.69, 9.17) is 16.2 Å². The summed E-state index contributed by atoms with van der Waals surface area (Å²) in [5.41, 5.74) is 12.2. The van der Waals surface area contributed by atoms with Crippen LogP contribution in [0, 0.1) is 0 Å². The zero-order chi connectivity index (χ0) is 13.8. The van der Waals surface area contributed by atoms with Crippen LogP contribution in [0.3, 0.4) is 0 Å². The Hall–Kier alpha value is -1.85. The third kappa shape index (κ3) is 3.33. The quantitative estimate of drug-likeness (QED) is 0.909. The Morgan fingerprint density at radius 2 is 1.84 bits per heavy atom. The van der Waals surface area contributed by atoms with Crippen molar-refractivity contribution in [1.29, 1.82) is 0 Å². The van der Waals surface area contributed by atoms with Crippen molar-refractivity contribution < 1.29 is 9.53 Å². The second-order valence-corrected chi connectivity index (χ2v) is 4.87. The molecule has 0 aromatic heterocycles. The van der Waals surface area contributed by atoms with Crippen molar-refractivity contribution in [2.24, 2.45) is 11.5 Å². The maximum absolute atomic E-state index is 11.3. The van der Waals surface area contributed by atoms with Gasteiger partial charge in [0.25, 0.3) is 5.91 Å². The molecule has 0 bridgehead atoms. The summed E-state index contributed by atoms with van der Waals surface area (Å²) in [6.45, 7) is 0.476. The number of benzene rings is 2. The highest BCUT2D eigenvalue weighted by Gasteiger charge is 2.10. The Labute approximate surface area is 119 Å². The Bertz CT molecular complexity index is 597. The SMILES string of the molecule is NCc1ccc(Oc2cc(Br)ccc2C(N)=O)cc1. The van der Waals surface area contributed by atoms with Gasteiger partial charge in [-0.1, -0.05) is 28.1 Å². The molecule has 0 atom stereocenters. The molecule has 0 fully saturated rings. The summed E-state index contributed by atoms with van der Waals surface area (Å²) in [4.78, 5) is 11.3. The second kappa shape index (κ2) is 5.86. The van der Waals surface area contributed by atoms with Gasteiger partial charge in [-0.15, -0.1) is 0 Å². The van der Waals surface area contributed by atoms with Crippen LogP contribution in [0.25, 0.3) is 0 Å². The first-order chi connectivity index (χ1) is 9.10. The van der Waals surface area contributed by atoms with Gasteiger partial charge in [0.05, 0.1) is 5.56 Å². The average molecular weight is 321 g/mol. The van der Waals surface area contributed by atoms with E-state index in [2.05, 4.69) is 15.9 Å². The Morgan fingerprint density at radius 3 is 2.42 bits per heavy atom. The van der Waals surface area contributed by atoms with Gasteiger partial charge in [-0.05, 0) is 35.9 Å². The molecule has 0 aliphatic rings. The molecule has 4 nitrogen and oxygen atoms in total. The summed E-state index contributed by atoms with van der Waals surface area (Å²) >= 11 is 3.33. The summed E-state index contributed by atoms with van der Waals surface area (Å²) in [6.07, 6.45) is 0. The molecule has 98 valence electrons. The molecule has 2 aromatic rings. The van der Waals surface area contributed by atoms with Crippen molar-refractivity contribution in [3.63, 3.8) is 0 Å². The highest BCUT2D eigenvalue weighted by molar-refractivity contribution is 9.10. The Kier molecular flexibility index (Phi) is 4.19. The highest BCUT2D eigenvalue weighted by Crippen LogP contribution is 2.28. The molecule has 0 saturated carbocycles. The van der Waals surface area contributed by atoms with Gasteiger partial charge in [-0.2, -0.15) is 0 Å². The molecular formula is C14H13BrN2O2. The standard InChI is InChI=1S/C14H13BrN2O2/c15-10-3-6-12(14(17)18)13(7-10)19-11-4-1-9(8-16)2-5-11/h1-7H,8,16H2,(H2,17,18). The Balaban J connectivity index is 2.31. The number of hydrogen-bond acceptors (Lipinski definition) is 3. The third-order valence-corrected chi connectivity index (χ3v) is 3.09. The van der Waals surface area contributed by atoms with Crippen molar-refractivity contribution in [1.82, 2.24) is 0 Å². The molecule has 1 amide bonds. The number of carbonyl (C=O) groups excluding carboxylic acids is 1. The fourth-order valence-corrected chi connectivity index (χ4v) is 1.94. The van der Waals surface area contributed by atoms with Crippen LogP contribution in [0.2, 0.25) is 0 Å². The topological polar surface area (TPSA) is 78.3 Å². The normalized spacial score (nSPS) is 10.2. The number of amides is 1. The van der Waals surface area contributed by atoms with Crippen LogP contribution >= 0.6 is 15.9 Å². The Morgan fingerprint density at radius 1 is 1.16 bits per heavy atom. The van der Waals surface area contributed by atoms with Crippen LogP contribution in [0.5, 0.6) is 11.5 Å². The predicted molar refractivity (Wildman–Crippen MR) is 77.1 cm³/mol. The van der Waals surface area contributed by atoms with Crippen molar-refractivity contribution in [3.8, 4) is 11.5 Å². The molecule has 0 saturated heterocycles. The van der Waals surface area contributed by atoms with E-state index in [1.807, 2.05) is 12.1 Å². The first-order valence-corrected chi connectivity index (χ1v) is 6.45. The third-order valence-electron chi connectivity index (χ3n) is 2.60. The summed E-state index contributed by atoms with van der Waals surface area (Å²) in [6, 6.07) is 12.4. The highest BCUT2D eigenvalue weighted by atomic mass is 79.9. The zero-order valence-electron chi connectivity index (χ0n) is 10.1. The second-order valence-electron chi connectivity index (χ2n) is 3.95. The van der Waals surface area contributed by atoms with Crippen LogP contribution in [0.1, 0.15) is 15.9 Å². The van der Waals surface area contributed by atoms with Crippen LogP contribution in [-0.4, -0.2) is 5.91 Å². The van der Waals surface area contributed by atoms with Crippen LogP contribution < -0.4 is 16.2 Å². The molecule has 4 N–H and O–H groups in total. The van der Waals surface area contributed by atoms with Crippen molar-refractivity contribution in [3.05, 3.63) is 58.1 Å². The van der Waals surface area contributed by atoms with Gasteiger partial charge < -0.3 is 16.2 Å². The first kappa shape index (κ1) is 13.6. The van der Waals surface area contributed by atoms with Crippen LogP contribution in [0.15, 0.2) is 46.9 Å². The maximum Gasteiger partial charge on any atom is 0.252 e. The van der Waals surface area contributed by atoms with E-state index in [0.717, 1.165) is 10.0 Å². The lowest BCUT2D eigenvalue weighted by Gasteiger charge is -2.10. The zero-order valence-corrected chi connectivity index (χ0v) is 11.7. The van der Waals surface area contributed by atoms with E-state index in [1.165, 1.54) is 0 Å². The number of primary amides is 1. The number of rotatable bonds is 4. The van der Waals surface area contributed by atoms with Crippen LogP contribution in [0.4, 0.5) is 0 Å². The number of ether oxygens (including phenoxy) is 1. The molecule has 2 rings (SSSR count). The number of halogens is 1. The summed E-state index contributed by atoms with van der Waals surface area (Å²) in [5.74, 6) is 0.515. The minimum atomic E-state index is -0.527. The maximum atomic E-state index is 11.3. The molecule has 2 aromatic carbocycles. The van der Waals surface area contributed by atoms with Gasteiger partial charge in [0.15, 0.2) is 0 Å². The van der Waals surface area contributed by atoms with Crippen molar-refractivity contribution in [2.75, 3.05) is 0 Å². The molecule has 0 unspecified atom stereocenters. The van der Waals surface area contributed by atoms with E-state index in [0.29, 0.717) is 23.6 Å². The lowest BCUT2D eigenvalue weighted by Crippen LogP contribution is -2.12. The van der Waals surface area contributed by atoms with Gasteiger partial charge in [0.2, 0.25) is 0 Å². The van der Waals surface area contributed by atoms with Gasteiger partial charge >= 0.3 is 0 Å². The molecule has 19 heavy (non-hydrogen) atoms. The molecule has 0 spiro atoms. The molecule has 0 heterocycles. The minimum Gasteiger partial charge on any atom is -0.456 e. The molecular weight excluding hydrogens is 308 g/mol. The smallest absolute Gasteiger partial charge is 0.252 e. The van der Waals surface area contributed by atoms with Crippen molar-refractivity contribution in [2.45, 2.75) is 6.54 Å². The fraction of sp³-hybridized carbons (Fsp3) is 0.0714. The monoisotopic (exact) mass is 320 g/mol. The van der Waals surface area contributed by atoms with Gasteiger partial charge in [-0.3, -0.25) is 4.79 Å². The van der Waals surface area contributed by atoms with Gasteiger partial charge in [-0.25, -0.2) is 0 Å². The summed E-state index contributed by atoms with van der Waals surface area (Å²) < 4.78 is 6.49. The van der Waals surface area contributed by atoms with Crippen LogP contribution in [-0.2, 0) is 6.54 Å². The molecule has 0 aliphatic heterocycles. The van der Waals surface area contributed by atoms with E-state index in [9.17, 15) is 4.79 Å². The molecule has 0 radical (unpaired) electrons. The van der Waals surface area contributed by atoms with E-state index >= 15 is 0 Å². The van der Waals surface area contributed by atoms with E-state index < -0.39 is 5.91 Å². The fourth-order valence-electron chi connectivity index (χ4n) is 1.60. The molecule has 5 heteroatoms. The summed E-state index contributed by atoms with van der Waals surface area (Å²) in [7, 11) is 0. The van der Waals surface area contributed by atoms with Gasteiger partial charge in [0.1, 0.15) is 11.5 Å². The first-order valence-electron chi connectivity index (χ1n) is 5.66. The minimum absolute atomic E-state index is 0.339. The largest absolute Gasteiger partial charge is 0.456 e. The van der Waals surface area contributed by atoms with E-state index in [1.54, 1.807) is 30.3 Å². The molecule has 0 aliphatic carbocycles. The number of hydrogen-bond donors (Lipinski definition) is 2. The van der Waals surface area contributed by atoms with Crippen molar-refractivity contribution >= 4 is 21.8 Å². The summed E-state index contributed by atoms with van der Waals surface area (Å²) in [5, 5.41) is 0. The lowest BCUT2D eigenvalue weighted by atomic mass is 10.2. The number of nitrogens with two attached hydrogens (primary N) is 2. The lowest BCUT2D eigenvalue weighted by molar-refractivity contribution is 0.0998. The van der Waals surface area contributed by atoms with E-state index in [-0.39, 0.29) is 0 Å².